The monoisotopic (exact) mass is 255 g/mol. The highest BCUT2D eigenvalue weighted by molar-refractivity contribution is 4.97. The summed E-state index contributed by atoms with van der Waals surface area (Å²) in [5, 5.41) is 0. The van der Waals surface area contributed by atoms with Gasteiger partial charge in [-0.15, -0.1) is 0 Å². The Balaban J connectivity index is 5.03. The molecule has 1 nitrogen and oxygen atoms in total. The minimum Gasteiger partial charge on any atom is -0.322 e. The van der Waals surface area contributed by atoms with Gasteiger partial charge in [0.25, 0.3) is 0 Å². The maximum absolute atomic E-state index is 12.9. The van der Waals surface area contributed by atoms with Crippen molar-refractivity contribution < 1.29 is 30.7 Å². The van der Waals surface area contributed by atoms with Crippen LogP contribution in [0.3, 0.4) is 0 Å². The van der Waals surface area contributed by atoms with Crippen LogP contribution in [0, 0.1) is 5.92 Å². The zero-order chi connectivity index (χ0) is 13.4. The fraction of sp³-hybridized carbons (Fsp3) is 1.00. The number of rotatable bonds is 4. The normalized spacial score (nSPS) is 16.7. The highest BCUT2D eigenvalue weighted by atomic mass is 19.4. The molecule has 0 radical (unpaired) electrons. The standard InChI is InChI=1S/C8H12F7N/c1-4(2)3-5(16)6(9,10)7(11,12)8(13,14)15/h4-5H,3,16H2,1-2H3/t5-/m1/s1. The molecule has 98 valence electrons. The summed E-state index contributed by atoms with van der Waals surface area (Å²) in [6.07, 6.45) is -6.94. The maximum Gasteiger partial charge on any atom is 0.459 e. The number of alkyl halides is 7. The van der Waals surface area contributed by atoms with Gasteiger partial charge in [-0.1, -0.05) is 13.8 Å². The summed E-state index contributed by atoms with van der Waals surface area (Å²) in [5.74, 6) is -11.9. The molecule has 0 heterocycles. The van der Waals surface area contributed by atoms with Crippen molar-refractivity contribution in [3.63, 3.8) is 0 Å². The molecule has 0 bridgehead atoms. The molecule has 0 aromatic heterocycles. The second-order valence-electron chi connectivity index (χ2n) is 3.93. The van der Waals surface area contributed by atoms with Crippen molar-refractivity contribution >= 4 is 0 Å². The third kappa shape index (κ3) is 2.78. The molecule has 0 aromatic rings. The molecule has 1 atom stereocenters. The highest BCUT2D eigenvalue weighted by Gasteiger charge is 2.74. The first-order valence-corrected chi connectivity index (χ1v) is 4.42. The molecule has 0 fully saturated rings. The summed E-state index contributed by atoms with van der Waals surface area (Å²) < 4.78 is 85.8. The largest absolute Gasteiger partial charge is 0.459 e. The lowest BCUT2D eigenvalue weighted by atomic mass is 9.95. The van der Waals surface area contributed by atoms with Gasteiger partial charge in [-0.3, -0.25) is 0 Å². The third-order valence-corrected chi connectivity index (χ3v) is 1.97. The van der Waals surface area contributed by atoms with Gasteiger partial charge in [-0.25, -0.2) is 0 Å². The van der Waals surface area contributed by atoms with Crippen molar-refractivity contribution in [2.75, 3.05) is 0 Å². The molecule has 0 aliphatic heterocycles. The van der Waals surface area contributed by atoms with E-state index in [2.05, 4.69) is 0 Å². The molecule has 0 spiro atoms. The van der Waals surface area contributed by atoms with E-state index in [1.165, 1.54) is 13.8 Å². The molecule has 0 saturated heterocycles. The van der Waals surface area contributed by atoms with E-state index in [4.69, 9.17) is 5.73 Å². The average molecular weight is 255 g/mol. The van der Waals surface area contributed by atoms with Crippen LogP contribution >= 0.6 is 0 Å². The van der Waals surface area contributed by atoms with Crippen LogP contribution in [0.2, 0.25) is 0 Å². The summed E-state index contributed by atoms with van der Waals surface area (Å²) >= 11 is 0. The summed E-state index contributed by atoms with van der Waals surface area (Å²) in [4.78, 5) is 0. The third-order valence-electron chi connectivity index (χ3n) is 1.97. The van der Waals surface area contributed by atoms with Crippen molar-refractivity contribution in [1.29, 1.82) is 0 Å². The van der Waals surface area contributed by atoms with E-state index in [0.717, 1.165) is 0 Å². The van der Waals surface area contributed by atoms with Gasteiger partial charge in [0.05, 0.1) is 6.04 Å². The van der Waals surface area contributed by atoms with E-state index in [9.17, 15) is 30.7 Å². The lowest BCUT2D eigenvalue weighted by molar-refractivity contribution is -0.359. The van der Waals surface area contributed by atoms with Crippen LogP contribution in [0.1, 0.15) is 20.3 Å². The highest BCUT2D eigenvalue weighted by Crippen LogP contribution is 2.48. The predicted octanol–water partition coefficient (Wildman–Crippen LogP) is 3.19. The minimum absolute atomic E-state index is 0.509. The molecule has 0 saturated carbocycles. The Morgan fingerprint density at radius 1 is 0.938 bits per heavy atom. The van der Waals surface area contributed by atoms with E-state index in [0.29, 0.717) is 0 Å². The average Bonchev–Trinajstić information content (AvgIpc) is 2.00. The van der Waals surface area contributed by atoms with Crippen molar-refractivity contribution in [1.82, 2.24) is 0 Å². The number of hydrogen-bond donors (Lipinski definition) is 1. The van der Waals surface area contributed by atoms with Gasteiger partial charge in [0.2, 0.25) is 0 Å². The van der Waals surface area contributed by atoms with Crippen LogP contribution in [0.15, 0.2) is 0 Å². The van der Waals surface area contributed by atoms with Crippen LogP contribution in [0.5, 0.6) is 0 Å². The van der Waals surface area contributed by atoms with Crippen LogP contribution in [-0.4, -0.2) is 24.1 Å². The summed E-state index contributed by atoms with van der Waals surface area (Å²) in [6.45, 7) is 2.78. The Morgan fingerprint density at radius 2 is 1.31 bits per heavy atom. The Labute approximate surface area is 87.8 Å². The maximum atomic E-state index is 12.9. The Bertz CT molecular complexity index is 233. The van der Waals surface area contributed by atoms with Gasteiger partial charge in [0.1, 0.15) is 0 Å². The second kappa shape index (κ2) is 4.38. The van der Waals surface area contributed by atoms with Crippen molar-refractivity contribution in [2.45, 2.75) is 44.3 Å². The molecular formula is C8H12F7N. The van der Waals surface area contributed by atoms with Crippen LogP contribution in [0.4, 0.5) is 30.7 Å². The van der Waals surface area contributed by atoms with Gasteiger partial charge in [-0.2, -0.15) is 30.7 Å². The van der Waals surface area contributed by atoms with Crippen LogP contribution in [-0.2, 0) is 0 Å². The first-order valence-electron chi connectivity index (χ1n) is 4.42. The number of hydrogen-bond acceptors (Lipinski definition) is 1. The molecule has 0 unspecified atom stereocenters. The fourth-order valence-corrected chi connectivity index (χ4v) is 1.08. The first-order chi connectivity index (χ1) is 6.84. The molecule has 0 aliphatic rings. The van der Waals surface area contributed by atoms with E-state index >= 15 is 0 Å². The quantitative estimate of drug-likeness (QED) is 0.767. The van der Waals surface area contributed by atoms with Gasteiger partial charge in [-0.05, 0) is 12.3 Å². The molecular weight excluding hydrogens is 243 g/mol. The molecule has 2 N–H and O–H groups in total. The van der Waals surface area contributed by atoms with Gasteiger partial charge in [0, 0.05) is 0 Å². The van der Waals surface area contributed by atoms with Gasteiger partial charge < -0.3 is 5.73 Å². The summed E-state index contributed by atoms with van der Waals surface area (Å²) in [6, 6.07) is -2.54. The predicted molar refractivity (Wildman–Crippen MR) is 43.4 cm³/mol. The number of nitrogens with two attached hydrogens (primary N) is 1. The molecule has 0 aliphatic carbocycles. The van der Waals surface area contributed by atoms with E-state index in [1.54, 1.807) is 0 Å². The Kier molecular flexibility index (Phi) is 4.24. The molecule has 16 heavy (non-hydrogen) atoms. The molecule has 0 amide bonds. The first kappa shape index (κ1) is 15.5. The van der Waals surface area contributed by atoms with E-state index in [-0.39, 0.29) is 0 Å². The van der Waals surface area contributed by atoms with Gasteiger partial charge in [0.15, 0.2) is 0 Å². The van der Waals surface area contributed by atoms with Crippen LogP contribution < -0.4 is 5.73 Å². The van der Waals surface area contributed by atoms with E-state index in [1.807, 2.05) is 0 Å². The minimum atomic E-state index is -6.31. The molecule has 0 rings (SSSR count). The van der Waals surface area contributed by atoms with Gasteiger partial charge >= 0.3 is 18.0 Å². The lowest BCUT2D eigenvalue weighted by Gasteiger charge is -2.32. The SMILES string of the molecule is CC(C)C[C@@H](N)C(F)(F)C(F)(F)C(F)(F)F. The Morgan fingerprint density at radius 3 is 1.56 bits per heavy atom. The summed E-state index contributed by atoms with van der Waals surface area (Å²) in [5.41, 5.74) is 4.71. The number of halogens is 7. The topological polar surface area (TPSA) is 26.0 Å². The molecule has 0 aromatic carbocycles. The van der Waals surface area contributed by atoms with Crippen molar-refractivity contribution in [2.24, 2.45) is 11.7 Å². The zero-order valence-corrected chi connectivity index (χ0v) is 8.58. The van der Waals surface area contributed by atoms with Crippen molar-refractivity contribution in [3.8, 4) is 0 Å². The van der Waals surface area contributed by atoms with Crippen LogP contribution in [0.25, 0.3) is 0 Å². The second-order valence-corrected chi connectivity index (χ2v) is 3.93. The Hall–Kier alpha value is -0.530. The summed E-state index contributed by atoms with van der Waals surface area (Å²) in [7, 11) is 0. The van der Waals surface area contributed by atoms with E-state index < -0.39 is 36.4 Å². The fourth-order valence-electron chi connectivity index (χ4n) is 1.08. The smallest absolute Gasteiger partial charge is 0.322 e. The molecule has 8 heteroatoms. The van der Waals surface area contributed by atoms with Crippen molar-refractivity contribution in [3.05, 3.63) is 0 Å². The zero-order valence-electron chi connectivity index (χ0n) is 8.58. The lowest BCUT2D eigenvalue weighted by Crippen LogP contribution is -2.60.